The van der Waals surface area contributed by atoms with Gasteiger partial charge < -0.3 is 4.74 Å². The van der Waals surface area contributed by atoms with Crippen LogP contribution in [0.3, 0.4) is 0 Å². The fraction of sp³-hybridized carbons (Fsp3) is 0.350. The van der Waals surface area contributed by atoms with Crippen LogP contribution in [0.15, 0.2) is 47.4 Å². The molecule has 0 aromatic heterocycles. The Morgan fingerprint density at radius 3 is 2.37 bits per heavy atom. The summed E-state index contributed by atoms with van der Waals surface area (Å²) in [5, 5.41) is 0.475. The van der Waals surface area contributed by atoms with Gasteiger partial charge in [-0.15, -0.1) is 0 Å². The molecule has 3 rings (SSSR count). The van der Waals surface area contributed by atoms with Crippen molar-refractivity contribution in [1.82, 2.24) is 4.31 Å². The maximum absolute atomic E-state index is 12.9. The molecular formula is C20H22ClNO4S. The average molecular weight is 408 g/mol. The summed E-state index contributed by atoms with van der Waals surface area (Å²) < 4.78 is 32.7. The van der Waals surface area contributed by atoms with Crippen LogP contribution in [0.4, 0.5) is 0 Å². The first-order valence-electron chi connectivity index (χ1n) is 8.82. The van der Waals surface area contributed by atoms with Gasteiger partial charge >= 0.3 is 5.97 Å². The van der Waals surface area contributed by atoms with Gasteiger partial charge in [-0.05, 0) is 62.1 Å². The van der Waals surface area contributed by atoms with Gasteiger partial charge in [-0.1, -0.05) is 29.8 Å². The molecule has 2 aromatic carbocycles. The summed E-state index contributed by atoms with van der Waals surface area (Å²) in [4.78, 5) is 12.8. The number of hydrogen-bond acceptors (Lipinski definition) is 4. The van der Waals surface area contributed by atoms with E-state index < -0.39 is 15.9 Å². The zero-order valence-corrected chi connectivity index (χ0v) is 16.9. The second-order valence-electron chi connectivity index (χ2n) is 6.80. The van der Waals surface area contributed by atoms with Gasteiger partial charge in [0.1, 0.15) is 5.75 Å². The van der Waals surface area contributed by atoms with E-state index in [9.17, 15) is 13.2 Å². The van der Waals surface area contributed by atoms with Gasteiger partial charge in [0.2, 0.25) is 10.0 Å². The maximum atomic E-state index is 12.9. The van der Waals surface area contributed by atoms with Gasteiger partial charge in [0, 0.05) is 18.1 Å². The van der Waals surface area contributed by atoms with E-state index in [2.05, 4.69) is 0 Å². The lowest BCUT2D eigenvalue weighted by molar-refractivity contribution is -0.140. The van der Waals surface area contributed by atoms with E-state index in [0.29, 0.717) is 30.2 Å². The largest absolute Gasteiger partial charge is 0.426 e. The van der Waals surface area contributed by atoms with Crippen LogP contribution in [-0.2, 0) is 14.8 Å². The number of aryl methyl sites for hydroxylation is 2. The molecule has 1 unspecified atom stereocenters. The standard InChI is InChI=1S/C20H22ClNO4S/c1-14-5-3-6-15(2)19(14)26-20(23)16-7-4-12-22(13-16)27(24,25)18-10-8-17(21)9-11-18/h3,5-6,8-11,16H,4,7,12-13H2,1-2H3. The van der Waals surface area contributed by atoms with Crippen LogP contribution < -0.4 is 4.74 Å². The minimum Gasteiger partial charge on any atom is -0.426 e. The molecule has 0 aliphatic carbocycles. The number of esters is 1. The Bertz CT molecular complexity index is 921. The summed E-state index contributed by atoms with van der Waals surface area (Å²) in [7, 11) is -3.67. The summed E-state index contributed by atoms with van der Waals surface area (Å²) in [6.07, 6.45) is 1.22. The number of halogens is 1. The second-order valence-corrected chi connectivity index (χ2v) is 9.17. The maximum Gasteiger partial charge on any atom is 0.315 e. The van der Waals surface area contributed by atoms with Crippen molar-refractivity contribution >= 4 is 27.6 Å². The molecule has 0 bridgehead atoms. The van der Waals surface area contributed by atoms with Crippen molar-refractivity contribution < 1.29 is 17.9 Å². The van der Waals surface area contributed by atoms with Crippen molar-refractivity contribution in [3.63, 3.8) is 0 Å². The lowest BCUT2D eigenvalue weighted by atomic mass is 10.00. The van der Waals surface area contributed by atoms with Crippen LogP contribution in [0.5, 0.6) is 5.75 Å². The minimum absolute atomic E-state index is 0.120. The van der Waals surface area contributed by atoms with Crippen LogP contribution in [0.2, 0.25) is 5.02 Å². The molecule has 7 heteroatoms. The van der Waals surface area contributed by atoms with Gasteiger partial charge in [-0.3, -0.25) is 4.79 Å². The number of nitrogens with zero attached hydrogens (tertiary/aromatic N) is 1. The molecular weight excluding hydrogens is 386 g/mol. The summed E-state index contributed by atoms with van der Waals surface area (Å²) in [5.74, 6) is -0.316. The summed E-state index contributed by atoms with van der Waals surface area (Å²) >= 11 is 5.85. The second kappa shape index (κ2) is 8.00. The van der Waals surface area contributed by atoms with Crippen molar-refractivity contribution in [2.24, 2.45) is 5.92 Å². The quantitative estimate of drug-likeness (QED) is 0.568. The highest BCUT2D eigenvalue weighted by atomic mass is 35.5. The van der Waals surface area contributed by atoms with E-state index in [1.54, 1.807) is 12.1 Å². The third-order valence-electron chi connectivity index (χ3n) is 4.78. The highest BCUT2D eigenvalue weighted by Crippen LogP contribution is 2.28. The van der Waals surface area contributed by atoms with E-state index in [-0.39, 0.29) is 17.4 Å². The molecule has 1 aliphatic rings. The molecule has 1 fully saturated rings. The topological polar surface area (TPSA) is 63.7 Å². The molecule has 1 heterocycles. The van der Waals surface area contributed by atoms with Crippen molar-refractivity contribution in [3.8, 4) is 5.75 Å². The van der Waals surface area contributed by atoms with Crippen molar-refractivity contribution in [2.45, 2.75) is 31.6 Å². The highest BCUT2D eigenvalue weighted by molar-refractivity contribution is 7.89. The number of para-hydroxylation sites is 1. The predicted octanol–water partition coefficient (Wildman–Crippen LogP) is 3.96. The van der Waals surface area contributed by atoms with Gasteiger partial charge in [-0.25, -0.2) is 8.42 Å². The Morgan fingerprint density at radius 1 is 1.11 bits per heavy atom. The Kier molecular flexibility index (Phi) is 5.89. The first kappa shape index (κ1) is 19.9. The van der Waals surface area contributed by atoms with Crippen molar-refractivity contribution in [1.29, 1.82) is 0 Å². The number of hydrogen-bond donors (Lipinski definition) is 0. The first-order chi connectivity index (χ1) is 12.8. The predicted molar refractivity (Wildman–Crippen MR) is 104 cm³/mol. The molecule has 0 amide bonds. The van der Waals surface area contributed by atoms with E-state index >= 15 is 0 Å². The number of ether oxygens (including phenoxy) is 1. The molecule has 1 aliphatic heterocycles. The van der Waals surface area contributed by atoms with Crippen LogP contribution in [-0.4, -0.2) is 31.8 Å². The smallest absolute Gasteiger partial charge is 0.315 e. The monoisotopic (exact) mass is 407 g/mol. The third kappa shape index (κ3) is 4.34. The number of rotatable bonds is 4. The van der Waals surface area contributed by atoms with Crippen LogP contribution in [0.25, 0.3) is 0 Å². The number of benzene rings is 2. The van der Waals surface area contributed by atoms with Crippen molar-refractivity contribution in [3.05, 3.63) is 58.6 Å². The number of sulfonamides is 1. The molecule has 144 valence electrons. The number of carbonyl (C=O) groups excluding carboxylic acids is 1. The Balaban J connectivity index is 1.75. The van der Waals surface area contributed by atoms with Crippen molar-refractivity contribution in [2.75, 3.05) is 13.1 Å². The third-order valence-corrected chi connectivity index (χ3v) is 6.91. The zero-order chi connectivity index (χ0) is 19.6. The van der Waals surface area contributed by atoms with Gasteiger partial charge in [0.05, 0.1) is 10.8 Å². The lowest BCUT2D eigenvalue weighted by Crippen LogP contribution is -2.43. The van der Waals surface area contributed by atoms with Crippen LogP contribution in [0.1, 0.15) is 24.0 Å². The highest BCUT2D eigenvalue weighted by Gasteiger charge is 2.34. The van der Waals surface area contributed by atoms with E-state index in [1.165, 1.54) is 16.4 Å². The van der Waals surface area contributed by atoms with Crippen LogP contribution >= 0.6 is 11.6 Å². The van der Waals surface area contributed by atoms with Gasteiger partial charge in [-0.2, -0.15) is 4.31 Å². The molecule has 0 spiro atoms. The SMILES string of the molecule is Cc1cccc(C)c1OC(=O)C1CCCN(S(=O)(=O)c2ccc(Cl)cc2)C1. The summed E-state index contributed by atoms with van der Waals surface area (Å²) in [6, 6.07) is 11.7. The van der Waals surface area contributed by atoms with Gasteiger partial charge in [0.25, 0.3) is 0 Å². The van der Waals surface area contributed by atoms with Crippen LogP contribution in [0, 0.1) is 19.8 Å². The molecule has 27 heavy (non-hydrogen) atoms. The molecule has 2 aromatic rings. The zero-order valence-electron chi connectivity index (χ0n) is 15.3. The Labute approximate surface area is 165 Å². The summed E-state index contributed by atoms with van der Waals surface area (Å²) in [6.45, 7) is 4.27. The number of carbonyl (C=O) groups is 1. The molecule has 1 saturated heterocycles. The molecule has 0 saturated carbocycles. The fourth-order valence-corrected chi connectivity index (χ4v) is 4.90. The van der Waals surface area contributed by atoms with E-state index in [0.717, 1.165) is 11.1 Å². The first-order valence-corrected chi connectivity index (χ1v) is 10.6. The van der Waals surface area contributed by atoms with E-state index in [1.807, 2.05) is 32.0 Å². The molecule has 0 radical (unpaired) electrons. The average Bonchev–Trinajstić information content (AvgIpc) is 2.65. The molecule has 1 atom stereocenters. The van der Waals surface area contributed by atoms with E-state index in [4.69, 9.17) is 16.3 Å². The molecule has 0 N–H and O–H groups in total. The minimum atomic E-state index is -3.67. The number of piperidine rings is 1. The Morgan fingerprint density at radius 2 is 1.74 bits per heavy atom. The lowest BCUT2D eigenvalue weighted by Gasteiger charge is -2.30. The summed E-state index contributed by atoms with van der Waals surface area (Å²) in [5.41, 5.74) is 1.76. The normalized spacial score (nSPS) is 18.3. The Hall–Kier alpha value is -1.89. The van der Waals surface area contributed by atoms with Gasteiger partial charge in [0.15, 0.2) is 0 Å². The molecule has 5 nitrogen and oxygen atoms in total. The fourth-order valence-electron chi connectivity index (χ4n) is 3.25.